The molecular formula is C16H17ClN2OS. The largest absolute Gasteiger partial charge is 0.350 e. The molecule has 0 aliphatic heterocycles. The van der Waals surface area contributed by atoms with Crippen molar-refractivity contribution in [1.29, 1.82) is 0 Å². The van der Waals surface area contributed by atoms with Gasteiger partial charge in [-0.25, -0.2) is 0 Å². The molecule has 0 saturated heterocycles. The van der Waals surface area contributed by atoms with Gasteiger partial charge >= 0.3 is 0 Å². The summed E-state index contributed by atoms with van der Waals surface area (Å²) in [5.74, 6) is 0.526. The molecule has 1 aliphatic rings. The topological polar surface area (TPSA) is 42.0 Å². The lowest BCUT2D eigenvalue weighted by molar-refractivity contribution is -0.121. The Morgan fingerprint density at radius 1 is 1.43 bits per heavy atom. The van der Waals surface area contributed by atoms with Gasteiger partial charge in [-0.15, -0.1) is 11.8 Å². The normalized spacial score (nSPS) is 16.5. The monoisotopic (exact) mass is 320 g/mol. The predicted octanol–water partition coefficient (Wildman–Crippen LogP) is 4.04. The van der Waals surface area contributed by atoms with E-state index in [1.807, 2.05) is 24.3 Å². The van der Waals surface area contributed by atoms with Crippen molar-refractivity contribution in [2.75, 3.05) is 5.75 Å². The molecule has 2 aromatic rings. The Morgan fingerprint density at radius 2 is 2.24 bits per heavy atom. The summed E-state index contributed by atoms with van der Waals surface area (Å²) in [5, 5.41) is 4.83. The third-order valence-electron chi connectivity index (χ3n) is 3.92. The predicted molar refractivity (Wildman–Crippen MR) is 87.9 cm³/mol. The summed E-state index contributed by atoms with van der Waals surface area (Å²) in [4.78, 5) is 17.4. The van der Waals surface area contributed by atoms with Crippen LogP contribution in [-0.4, -0.2) is 22.2 Å². The molecule has 1 N–H and O–H groups in total. The van der Waals surface area contributed by atoms with Crippen LogP contribution in [0.4, 0.5) is 0 Å². The summed E-state index contributed by atoms with van der Waals surface area (Å²) in [6.45, 7) is 2.11. The SMILES string of the molecule is CC1(NC(=O)CSc2ccnc3cc(Cl)ccc23)CCC1. The van der Waals surface area contributed by atoms with E-state index in [1.165, 1.54) is 6.42 Å². The van der Waals surface area contributed by atoms with Gasteiger partial charge in [0.1, 0.15) is 0 Å². The number of pyridine rings is 1. The molecule has 1 aromatic heterocycles. The average Bonchev–Trinajstić information content (AvgIpc) is 2.43. The number of halogens is 1. The lowest BCUT2D eigenvalue weighted by Crippen LogP contribution is -2.51. The maximum atomic E-state index is 12.0. The Hall–Kier alpha value is -1.26. The molecule has 0 spiro atoms. The summed E-state index contributed by atoms with van der Waals surface area (Å²) in [5.41, 5.74) is 0.879. The second-order valence-electron chi connectivity index (χ2n) is 5.72. The average molecular weight is 321 g/mol. The molecule has 1 aromatic carbocycles. The summed E-state index contributed by atoms with van der Waals surface area (Å²) >= 11 is 7.53. The van der Waals surface area contributed by atoms with Crippen molar-refractivity contribution >= 4 is 40.2 Å². The van der Waals surface area contributed by atoms with Gasteiger partial charge in [-0.3, -0.25) is 9.78 Å². The van der Waals surface area contributed by atoms with Crippen LogP contribution in [0.5, 0.6) is 0 Å². The molecule has 1 amide bonds. The molecule has 5 heteroatoms. The van der Waals surface area contributed by atoms with Gasteiger partial charge in [-0.05, 0) is 44.4 Å². The number of carbonyl (C=O) groups excluding carboxylic acids is 1. The minimum absolute atomic E-state index is 0.0193. The van der Waals surface area contributed by atoms with E-state index >= 15 is 0 Å². The highest BCUT2D eigenvalue weighted by Crippen LogP contribution is 2.32. The zero-order valence-corrected chi connectivity index (χ0v) is 13.4. The van der Waals surface area contributed by atoms with Gasteiger partial charge in [0.05, 0.1) is 11.3 Å². The van der Waals surface area contributed by atoms with Crippen molar-refractivity contribution in [2.45, 2.75) is 36.6 Å². The van der Waals surface area contributed by atoms with E-state index in [1.54, 1.807) is 18.0 Å². The van der Waals surface area contributed by atoms with E-state index in [4.69, 9.17) is 11.6 Å². The first-order valence-corrected chi connectivity index (χ1v) is 8.40. The van der Waals surface area contributed by atoms with Crippen LogP contribution in [0.25, 0.3) is 10.9 Å². The van der Waals surface area contributed by atoms with E-state index in [0.717, 1.165) is 28.6 Å². The Kier molecular flexibility index (Phi) is 4.09. The molecular weight excluding hydrogens is 304 g/mol. The minimum Gasteiger partial charge on any atom is -0.350 e. The second kappa shape index (κ2) is 5.85. The number of carbonyl (C=O) groups is 1. The number of benzene rings is 1. The number of thioether (sulfide) groups is 1. The molecule has 3 nitrogen and oxygen atoms in total. The first-order chi connectivity index (χ1) is 10.1. The van der Waals surface area contributed by atoms with Crippen molar-refractivity contribution in [3.63, 3.8) is 0 Å². The molecule has 1 heterocycles. The van der Waals surface area contributed by atoms with Crippen molar-refractivity contribution < 1.29 is 4.79 Å². The van der Waals surface area contributed by atoms with E-state index in [0.29, 0.717) is 10.8 Å². The standard InChI is InChI=1S/C16H17ClN2OS/c1-16(6-2-7-16)19-15(20)10-21-14-5-8-18-13-9-11(17)3-4-12(13)14/h3-5,8-9H,2,6-7,10H2,1H3,(H,19,20). The first kappa shape index (κ1) is 14.7. The first-order valence-electron chi connectivity index (χ1n) is 7.04. The molecule has 110 valence electrons. The number of rotatable bonds is 4. The molecule has 1 saturated carbocycles. The van der Waals surface area contributed by atoms with E-state index in [-0.39, 0.29) is 11.4 Å². The number of amides is 1. The molecule has 1 fully saturated rings. The molecule has 21 heavy (non-hydrogen) atoms. The second-order valence-corrected chi connectivity index (χ2v) is 7.18. The van der Waals surface area contributed by atoms with Crippen LogP contribution in [-0.2, 0) is 4.79 Å². The Balaban J connectivity index is 1.69. The highest BCUT2D eigenvalue weighted by atomic mass is 35.5. The molecule has 0 bridgehead atoms. The molecule has 3 rings (SSSR count). The number of hydrogen-bond acceptors (Lipinski definition) is 3. The van der Waals surface area contributed by atoms with Gasteiger partial charge in [0.25, 0.3) is 0 Å². The Morgan fingerprint density at radius 3 is 2.95 bits per heavy atom. The molecule has 1 aliphatic carbocycles. The third-order valence-corrected chi connectivity index (χ3v) is 5.23. The molecule has 0 atom stereocenters. The third kappa shape index (κ3) is 3.33. The number of aromatic nitrogens is 1. The van der Waals surface area contributed by atoms with Gasteiger partial charge in [0, 0.05) is 27.0 Å². The van der Waals surface area contributed by atoms with Crippen LogP contribution < -0.4 is 5.32 Å². The number of fused-ring (bicyclic) bond motifs is 1. The minimum atomic E-state index is 0.0193. The maximum absolute atomic E-state index is 12.0. The quantitative estimate of drug-likeness (QED) is 0.864. The summed E-state index contributed by atoms with van der Waals surface area (Å²) in [6, 6.07) is 7.60. The Labute approximate surface area is 133 Å². The van der Waals surface area contributed by atoms with Crippen molar-refractivity contribution in [3.05, 3.63) is 35.5 Å². The van der Waals surface area contributed by atoms with Gasteiger partial charge in [0.2, 0.25) is 5.91 Å². The zero-order valence-electron chi connectivity index (χ0n) is 11.9. The van der Waals surface area contributed by atoms with Crippen LogP contribution in [0.3, 0.4) is 0 Å². The summed E-state index contributed by atoms with van der Waals surface area (Å²) < 4.78 is 0. The smallest absolute Gasteiger partial charge is 0.230 e. The highest BCUT2D eigenvalue weighted by Gasteiger charge is 2.32. The Bertz CT molecular complexity index is 685. The molecule has 0 radical (unpaired) electrons. The van der Waals surface area contributed by atoms with Crippen molar-refractivity contribution in [1.82, 2.24) is 10.3 Å². The van der Waals surface area contributed by atoms with E-state index in [2.05, 4.69) is 17.2 Å². The zero-order chi connectivity index (χ0) is 14.9. The van der Waals surface area contributed by atoms with Gasteiger partial charge in [0.15, 0.2) is 0 Å². The van der Waals surface area contributed by atoms with E-state index < -0.39 is 0 Å². The number of nitrogens with zero attached hydrogens (tertiary/aromatic N) is 1. The summed E-state index contributed by atoms with van der Waals surface area (Å²) in [7, 11) is 0. The highest BCUT2D eigenvalue weighted by molar-refractivity contribution is 8.00. The lowest BCUT2D eigenvalue weighted by Gasteiger charge is -2.39. The fourth-order valence-corrected chi connectivity index (χ4v) is 3.58. The van der Waals surface area contributed by atoms with Crippen molar-refractivity contribution in [3.8, 4) is 0 Å². The van der Waals surface area contributed by atoms with Crippen LogP contribution in [0.1, 0.15) is 26.2 Å². The van der Waals surface area contributed by atoms with Crippen LogP contribution >= 0.6 is 23.4 Å². The number of hydrogen-bond donors (Lipinski definition) is 1. The maximum Gasteiger partial charge on any atom is 0.230 e. The van der Waals surface area contributed by atoms with Crippen LogP contribution in [0.2, 0.25) is 5.02 Å². The van der Waals surface area contributed by atoms with Crippen molar-refractivity contribution in [2.24, 2.45) is 0 Å². The van der Waals surface area contributed by atoms with E-state index in [9.17, 15) is 4.79 Å². The molecule has 0 unspecified atom stereocenters. The summed E-state index contributed by atoms with van der Waals surface area (Å²) in [6.07, 6.45) is 5.13. The van der Waals surface area contributed by atoms with Gasteiger partial charge < -0.3 is 5.32 Å². The van der Waals surface area contributed by atoms with Crippen LogP contribution in [0, 0.1) is 0 Å². The van der Waals surface area contributed by atoms with Crippen LogP contribution in [0.15, 0.2) is 35.4 Å². The van der Waals surface area contributed by atoms with Gasteiger partial charge in [-0.2, -0.15) is 0 Å². The lowest BCUT2D eigenvalue weighted by atomic mass is 9.78. The fraction of sp³-hybridized carbons (Fsp3) is 0.375. The van der Waals surface area contributed by atoms with Gasteiger partial charge in [-0.1, -0.05) is 17.7 Å². The fourth-order valence-electron chi connectivity index (χ4n) is 2.57. The number of nitrogens with one attached hydrogen (secondary N) is 1.